The van der Waals surface area contributed by atoms with Crippen LogP contribution in [-0.4, -0.2) is 80.6 Å². The molecule has 3 rings (SSSR count). The Bertz CT molecular complexity index is 756. The summed E-state index contributed by atoms with van der Waals surface area (Å²) in [6.45, 7) is 10.1. The van der Waals surface area contributed by atoms with E-state index in [1.165, 1.54) is 0 Å². The van der Waals surface area contributed by atoms with Gasteiger partial charge in [0.05, 0.1) is 26.4 Å². The second-order valence-corrected chi connectivity index (χ2v) is 10.8. The number of benzene rings is 1. The zero-order valence-electron chi connectivity index (χ0n) is 20.7. The van der Waals surface area contributed by atoms with E-state index in [-0.39, 0.29) is 12.2 Å². The number of piperidine rings is 2. The number of methoxy groups -OCH3 is 2. The lowest BCUT2D eigenvalue weighted by atomic mass is 10.0. The third-order valence-electron chi connectivity index (χ3n) is 6.26. The number of halogens is 1. The first-order valence-corrected chi connectivity index (χ1v) is 12.7. The van der Waals surface area contributed by atoms with Crippen molar-refractivity contribution in [3.8, 4) is 11.5 Å². The molecule has 2 aliphatic heterocycles. The maximum atomic E-state index is 12.2. The lowest BCUT2D eigenvalue weighted by molar-refractivity contribution is -0.0661. The van der Waals surface area contributed by atoms with Gasteiger partial charge < -0.3 is 28.7 Å². The summed E-state index contributed by atoms with van der Waals surface area (Å²) in [5.74, 6) is 1.72. The molecule has 7 nitrogen and oxygen atoms in total. The maximum absolute atomic E-state index is 12.2. The fraction of sp³-hybridized carbons (Fsp3) is 0.720. The maximum Gasteiger partial charge on any atom is 0.410 e. The molecule has 8 heteroatoms. The number of nitrogens with zero attached hydrogens (tertiary/aromatic N) is 2. The molecule has 2 fully saturated rings. The molecule has 0 radical (unpaired) electrons. The van der Waals surface area contributed by atoms with Gasteiger partial charge in [0, 0.05) is 42.8 Å². The highest BCUT2D eigenvalue weighted by molar-refractivity contribution is 9.10. The van der Waals surface area contributed by atoms with Gasteiger partial charge in [-0.05, 0) is 65.0 Å². The molecule has 33 heavy (non-hydrogen) atoms. The summed E-state index contributed by atoms with van der Waals surface area (Å²) in [4.78, 5) is 16.5. The smallest absolute Gasteiger partial charge is 0.410 e. The SMILES string of the molecule is COc1cc(Br)cc(OC)c1CCN1CCC(OC2CCN(C(=O)OC(C)(C)C)CC2)CC1. The van der Waals surface area contributed by atoms with Gasteiger partial charge in [-0.1, -0.05) is 15.9 Å². The van der Waals surface area contributed by atoms with E-state index in [2.05, 4.69) is 20.8 Å². The summed E-state index contributed by atoms with van der Waals surface area (Å²) < 4.78 is 24.0. The van der Waals surface area contributed by atoms with Crippen molar-refractivity contribution in [2.45, 2.75) is 70.7 Å². The van der Waals surface area contributed by atoms with Crippen LogP contribution in [0.2, 0.25) is 0 Å². The summed E-state index contributed by atoms with van der Waals surface area (Å²) in [7, 11) is 3.40. The van der Waals surface area contributed by atoms with E-state index in [0.717, 1.165) is 73.3 Å². The second kappa shape index (κ2) is 11.8. The Kier molecular flexibility index (Phi) is 9.30. The predicted octanol–water partition coefficient (Wildman–Crippen LogP) is 4.89. The van der Waals surface area contributed by atoms with Crippen molar-refractivity contribution in [3.63, 3.8) is 0 Å². The fourth-order valence-corrected chi connectivity index (χ4v) is 4.93. The summed E-state index contributed by atoms with van der Waals surface area (Å²) in [5, 5.41) is 0. The zero-order valence-corrected chi connectivity index (χ0v) is 22.3. The number of ether oxygens (including phenoxy) is 4. The number of amides is 1. The van der Waals surface area contributed by atoms with Crippen LogP contribution in [0, 0.1) is 0 Å². The van der Waals surface area contributed by atoms with E-state index in [1.54, 1.807) is 19.1 Å². The van der Waals surface area contributed by atoms with Gasteiger partial charge in [0.15, 0.2) is 0 Å². The first-order valence-electron chi connectivity index (χ1n) is 11.9. The molecule has 2 aliphatic rings. The molecule has 0 aliphatic carbocycles. The predicted molar refractivity (Wildman–Crippen MR) is 132 cm³/mol. The van der Waals surface area contributed by atoms with E-state index >= 15 is 0 Å². The quantitative estimate of drug-likeness (QED) is 0.504. The van der Waals surface area contributed by atoms with E-state index < -0.39 is 5.60 Å². The van der Waals surface area contributed by atoms with Crippen molar-refractivity contribution in [3.05, 3.63) is 22.2 Å². The average Bonchev–Trinajstić information content (AvgIpc) is 2.78. The fourth-order valence-electron chi connectivity index (χ4n) is 4.51. The molecule has 2 saturated heterocycles. The molecule has 1 aromatic rings. The van der Waals surface area contributed by atoms with Crippen molar-refractivity contribution < 1.29 is 23.7 Å². The van der Waals surface area contributed by atoms with Gasteiger partial charge in [-0.25, -0.2) is 4.79 Å². The standard InChI is InChI=1S/C25H39BrN2O5/c1-25(2,3)33-24(29)28-14-8-20(9-15-28)32-19-6-11-27(12-7-19)13-10-21-22(30-4)16-18(26)17-23(21)31-5/h16-17,19-20H,6-15H2,1-5H3. The lowest BCUT2D eigenvalue weighted by Crippen LogP contribution is -2.45. The normalized spacial score (nSPS) is 18.9. The third kappa shape index (κ3) is 7.76. The number of carbonyl (C=O) groups excluding carboxylic acids is 1. The van der Waals surface area contributed by atoms with Crippen LogP contribution in [0.15, 0.2) is 16.6 Å². The zero-order chi connectivity index (χ0) is 24.0. The molecule has 186 valence electrons. The minimum atomic E-state index is -0.452. The Balaban J connectivity index is 1.40. The molecule has 0 aromatic heterocycles. The van der Waals surface area contributed by atoms with Crippen LogP contribution in [0.4, 0.5) is 4.79 Å². The number of carbonyl (C=O) groups is 1. The van der Waals surface area contributed by atoms with E-state index in [4.69, 9.17) is 18.9 Å². The van der Waals surface area contributed by atoms with E-state index in [1.807, 2.05) is 32.9 Å². The Hall–Kier alpha value is -1.51. The van der Waals surface area contributed by atoms with Gasteiger partial charge in [-0.2, -0.15) is 0 Å². The van der Waals surface area contributed by atoms with Crippen LogP contribution in [0.1, 0.15) is 52.0 Å². The van der Waals surface area contributed by atoms with Crippen molar-refractivity contribution in [1.82, 2.24) is 9.80 Å². The van der Waals surface area contributed by atoms with Crippen LogP contribution in [0.25, 0.3) is 0 Å². The average molecular weight is 528 g/mol. The molecule has 0 bridgehead atoms. The first-order chi connectivity index (χ1) is 15.7. The van der Waals surface area contributed by atoms with Gasteiger partial charge in [-0.15, -0.1) is 0 Å². The third-order valence-corrected chi connectivity index (χ3v) is 6.72. The molecular weight excluding hydrogens is 488 g/mol. The highest BCUT2D eigenvalue weighted by atomic mass is 79.9. The van der Waals surface area contributed by atoms with Crippen LogP contribution in [0.5, 0.6) is 11.5 Å². The molecule has 0 N–H and O–H groups in total. The molecule has 1 amide bonds. The Morgan fingerprint density at radius 2 is 1.48 bits per heavy atom. The number of rotatable bonds is 7. The number of hydrogen-bond acceptors (Lipinski definition) is 6. The summed E-state index contributed by atoms with van der Waals surface area (Å²) >= 11 is 3.52. The van der Waals surface area contributed by atoms with Gasteiger partial charge in [0.1, 0.15) is 17.1 Å². The minimum absolute atomic E-state index is 0.215. The molecule has 0 spiro atoms. The van der Waals surface area contributed by atoms with Gasteiger partial charge in [-0.3, -0.25) is 0 Å². The van der Waals surface area contributed by atoms with Gasteiger partial charge in [0.25, 0.3) is 0 Å². The first kappa shape index (κ1) is 26.1. The highest BCUT2D eigenvalue weighted by Gasteiger charge is 2.29. The van der Waals surface area contributed by atoms with Gasteiger partial charge >= 0.3 is 6.09 Å². The molecule has 0 unspecified atom stereocenters. The van der Waals surface area contributed by atoms with E-state index in [0.29, 0.717) is 19.2 Å². The van der Waals surface area contributed by atoms with Crippen LogP contribution in [-0.2, 0) is 15.9 Å². The number of hydrogen-bond donors (Lipinski definition) is 0. The minimum Gasteiger partial charge on any atom is -0.496 e. The van der Waals surface area contributed by atoms with E-state index in [9.17, 15) is 4.79 Å². The largest absolute Gasteiger partial charge is 0.496 e. The number of likely N-dealkylation sites (tertiary alicyclic amines) is 2. The molecule has 0 saturated carbocycles. The topological polar surface area (TPSA) is 60.5 Å². The summed E-state index contributed by atoms with van der Waals surface area (Å²) in [6.07, 6.45) is 5.04. The Morgan fingerprint density at radius 1 is 0.970 bits per heavy atom. The van der Waals surface area contributed by atoms with Crippen molar-refractivity contribution in [2.24, 2.45) is 0 Å². The monoisotopic (exact) mass is 526 g/mol. The second-order valence-electron chi connectivity index (χ2n) is 9.88. The van der Waals surface area contributed by atoms with Crippen LogP contribution in [0.3, 0.4) is 0 Å². The van der Waals surface area contributed by atoms with Gasteiger partial charge in [0.2, 0.25) is 0 Å². The van der Waals surface area contributed by atoms with Crippen molar-refractivity contribution >= 4 is 22.0 Å². The summed E-state index contributed by atoms with van der Waals surface area (Å²) in [6, 6.07) is 3.98. The molecule has 2 heterocycles. The molecule has 1 aromatic carbocycles. The van der Waals surface area contributed by atoms with Crippen LogP contribution >= 0.6 is 15.9 Å². The summed E-state index contributed by atoms with van der Waals surface area (Å²) in [5.41, 5.74) is 0.657. The molecular formula is C25H39BrN2O5. The van der Waals surface area contributed by atoms with Crippen molar-refractivity contribution in [2.75, 3.05) is 46.9 Å². The van der Waals surface area contributed by atoms with Crippen LogP contribution < -0.4 is 9.47 Å². The Labute approximate surface area is 206 Å². The lowest BCUT2D eigenvalue weighted by Gasteiger charge is -2.37. The Morgan fingerprint density at radius 3 is 1.97 bits per heavy atom. The van der Waals surface area contributed by atoms with Crippen molar-refractivity contribution in [1.29, 1.82) is 0 Å². The molecule has 0 atom stereocenters. The highest BCUT2D eigenvalue weighted by Crippen LogP contribution is 2.33.